The molecule has 1 N–H and O–H groups in total. The van der Waals surface area contributed by atoms with Crippen molar-refractivity contribution in [2.24, 2.45) is 23.2 Å². The van der Waals surface area contributed by atoms with Crippen molar-refractivity contribution < 1.29 is 9.59 Å². The number of carbonyl (C=O) groups excluding carboxylic acids is 2. The van der Waals surface area contributed by atoms with E-state index in [-0.39, 0.29) is 17.2 Å². The van der Waals surface area contributed by atoms with Crippen LogP contribution < -0.4 is 10.2 Å². The Labute approximate surface area is 208 Å². The van der Waals surface area contributed by atoms with Gasteiger partial charge in [0.2, 0.25) is 5.91 Å². The van der Waals surface area contributed by atoms with Crippen molar-refractivity contribution in [2.45, 2.75) is 51.9 Å². The molecule has 0 aromatic heterocycles. The molecular weight excluding hydrogens is 434 g/mol. The molecule has 1 saturated heterocycles. The SMILES string of the molecule is Cc1ccccc1C(=O)N1CCN(c2ccc(NC(=O)CC34CC5CC(CC(C5)C3)C4)cc2)CC1. The first-order valence-corrected chi connectivity index (χ1v) is 13.5. The number of hydrogen-bond donors (Lipinski definition) is 1. The van der Waals surface area contributed by atoms with Crippen molar-refractivity contribution in [3.05, 3.63) is 59.7 Å². The third kappa shape index (κ3) is 4.57. The molecule has 0 atom stereocenters. The summed E-state index contributed by atoms with van der Waals surface area (Å²) in [5.41, 5.74) is 4.13. The molecule has 4 bridgehead atoms. The molecule has 5 fully saturated rings. The van der Waals surface area contributed by atoms with Crippen LogP contribution in [-0.4, -0.2) is 42.9 Å². The van der Waals surface area contributed by atoms with Crippen LogP contribution in [0, 0.1) is 30.1 Å². The Hall–Kier alpha value is -2.82. The number of nitrogens with zero attached hydrogens (tertiary/aromatic N) is 2. The second-order valence-corrected chi connectivity index (χ2v) is 11.8. The van der Waals surface area contributed by atoms with Crippen LogP contribution in [0.25, 0.3) is 0 Å². The van der Waals surface area contributed by atoms with Crippen molar-refractivity contribution in [3.63, 3.8) is 0 Å². The standard InChI is InChI=1S/C30H37N3O2/c1-21-4-2-3-5-27(21)29(35)33-12-10-32(11-13-33)26-8-6-25(7-9-26)31-28(34)20-30-17-22-14-23(18-30)16-24(15-22)19-30/h2-9,22-24H,10-20H2,1H3,(H,31,34). The van der Waals surface area contributed by atoms with E-state index in [1.165, 1.54) is 38.5 Å². The van der Waals surface area contributed by atoms with Crippen molar-refractivity contribution in [1.82, 2.24) is 4.90 Å². The molecular formula is C30H37N3O2. The number of hydrogen-bond acceptors (Lipinski definition) is 3. The van der Waals surface area contributed by atoms with Crippen LogP contribution in [0.4, 0.5) is 11.4 Å². The number of amides is 2. The van der Waals surface area contributed by atoms with Crippen molar-refractivity contribution >= 4 is 23.2 Å². The normalized spacial score (nSPS) is 29.3. The largest absolute Gasteiger partial charge is 0.368 e. The van der Waals surface area contributed by atoms with Gasteiger partial charge in [-0.15, -0.1) is 0 Å². The number of rotatable bonds is 5. The Morgan fingerprint density at radius 2 is 1.46 bits per heavy atom. The molecule has 2 aromatic rings. The molecule has 7 rings (SSSR count). The molecule has 5 heteroatoms. The molecule has 1 aliphatic heterocycles. The molecule has 5 nitrogen and oxygen atoms in total. The molecule has 0 radical (unpaired) electrons. The van der Waals surface area contributed by atoms with E-state index >= 15 is 0 Å². The molecule has 1 heterocycles. The van der Waals surface area contributed by atoms with E-state index in [2.05, 4.69) is 22.3 Å². The Morgan fingerprint density at radius 1 is 0.857 bits per heavy atom. The molecule has 4 saturated carbocycles. The summed E-state index contributed by atoms with van der Waals surface area (Å²) in [6.45, 7) is 5.06. The van der Waals surface area contributed by atoms with Crippen LogP contribution >= 0.6 is 0 Å². The first-order chi connectivity index (χ1) is 17.0. The van der Waals surface area contributed by atoms with Gasteiger partial charge >= 0.3 is 0 Å². The van der Waals surface area contributed by atoms with E-state index in [1.54, 1.807) is 0 Å². The zero-order valence-corrected chi connectivity index (χ0v) is 20.8. The fraction of sp³-hybridized carbons (Fsp3) is 0.533. The van der Waals surface area contributed by atoms with Gasteiger partial charge in [-0.1, -0.05) is 18.2 Å². The van der Waals surface area contributed by atoms with E-state index < -0.39 is 0 Å². The van der Waals surface area contributed by atoms with Gasteiger partial charge in [-0.25, -0.2) is 0 Å². The smallest absolute Gasteiger partial charge is 0.254 e. The van der Waals surface area contributed by atoms with Gasteiger partial charge in [-0.3, -0.25) is 9.59 Å². The van der Waals surface area contributed by atoms with Crippen LogP contribution in [0.3, 0.4) is 0 Å². The van der Waals surface area contributed by atoms with E-state index in [0.29, 0.717) is 6.42 Å². The highest BCUT2D eigenvalue weighted by Crippen LogP contribution is 2.61. The molecule has 2 aromatic carbocycles. The number of benzene rings is 2. The lowest BCUT2D eigenvalue weighted by Gasteiger charge is -2.56. The fourth-order valence-electron chi connectivity index (χ4n) is 7.96. The third-order valence-corrected chi connectivity index (χ3v) is 9.16. The summed E-state index contributed by atoms with van der Waals surface area (Å²) >= 11 is 0. The first-order valence-electron chi connectivity index (χ1n) is 13.5. The number of piperazine rings is 1. The summed E-state index contributed by atoms with van der Waals surface area (Å²) in [7, 11) is 0. The Morgan fingerprint density at radius 3 is 2.06 bits per heavy atom. The maximum absolute atomic E-state index is 13.0. The Balaban J connectivity index is 1.02. The van der Waals surface area contributed by atoms with Crippen molar-refractivity contribution in [1.29, 1.82) is 0 Å². The minimum Gasteiger partial charge on any atom is -0.368 e. The summed E-state index contributed by atoms with van der Waals surface area (Å²) in [5, 5.41) is 3.18. The Bertz CT molecular complexity index is 1070. The molecule has 0 spiro atoms. The average Bonchev–Trinajstić information content (AvgIpc) is 2.83. The highest BCUT2D eigenvalue weighted by atomic mass is 16.2. The van der Waals surface area contributed by atoms with E-state index in [9.17, 15) is 9.59 Å². The van der Waals surface area contributed by atoms with E-state index in [0.717, 1.165) is 66.4 Å². The van der Waals surface area contributed by atoms with Gasteiger partial charge in [0, 0.05) is 49.5 Å². The van der Waals surface area contributed by atoms with E-state index in [1.807, 2.05) is 48.2 Å². The van der Waals surface area contributed by atoms with Gasteiger partial charge in [0.15, 0.2) is 0 Å². The van der Waals surface area contributed by atoms with Gasteiger partial charge in [-0.05, 0) is 105 Å². The number of nitrogens with one attached hydrogen (secondary N) is 1. The molecule has 4 aliphatic carbocycles. The predicted octanol–water partition coefficient (Wildman–Crippen LogP) is 5.50. The third-order valence-electron chi connectivity index (χ3n) is 9.16. The second kappa shape index (κ2) is 9.00. The summed E-state index contributed by atoms with van der Waals surface area (Å²) < 4.78 is 0. The van der Waals surface area contributed by atoms with Gasteiger partial charge in [0.1, 0.15) is 0 Å². The zero-order chi connectivity index (χ0) is 24.0. The molecule has 35 heavy (non-hydrogen) atoms. The lowest BCUT2D eigenvalue weighted by Crippen LogP contribution is -2.48. The minimum atomic E-state index is 0.125. The van der Waals surface area contributed by atoms with Crippen LogP contribution in [-0.2, 0) is 4.79 Å². The van der Waals surface area contributed by atoms with Crippen molar-refractivity contribution in [2.75, 3.05) is 36.4 Å². The van der Waals surface area contributed by atoms with Gasteiger partial charge < -0.3 is 15.1 Å². The molecule has 2 amide bonds. The van der Waals surface area contributed by atoms with Gasteiger partial charge in [0.25, 0.3) is 5.91 Å². The predicted molar refractivity (Wildman–Crippen MR) is 140 cm³/mol. The summed E-state index contributed by atoms with van der Waals surface area (Å²) in [6.07, 6.45) is 8.73. The average molecular weight is 472 g/mol. The topological polar surface area (TPSA) is 52.7 Å². The molecule has 184 valence electrons. The summed E-state index contributed by atoms with van der Waals surface area (Å²) in [5.74, 6) is 2.94. The molecule has 0 unspecified atom stereocenters. The monoisotopic (exact) mass is 471 g/mol. The number of aryl methyl sites for hydroxylation is 1. The van der Waals surface area contributed by atoms with Crippen LogP contribution in [0.15, 0.2) is 48.5 Å². The maximum atomic E-state index is 13.0. The lowest BCUT2D eigenvalue weighted by molar-refractivity contribution is -0.124. The fourth-order valence-corrected chi connectivity index (χ4v) is 7.96. The quantitative estimate of drug-likeness (QED) is 0.626. The zero-order valence-electron chi connectivity index (χ0n) is 20.8. The van der Waals surface area contributed by atoms with Crippen molar-refractivity contribution in [3.8, 4) is 0 Å². The lowest BCUT2D eigenvalue weighted by atomic mass is 9.49. The summed E-state index contributed by atoms with van der Waals surface area (Å²) in [6, 6.07) is 16.1. The highest BCUT2D eigenvalue weighted by molar-refractivity contribution is 5.95. The number of carbonyl (C=O) groups is 2. The number of anilines is 2. The van der Waals surface area contributed by atoms with Crippen LogP contribution in [0.2, 0.25) is 0 Å². The maximum Gasteiger partial charge on any atom is 0.254 e. The van der Waals surface area contributed by atoms with Crippen LogP contribution in [0.1, 0.15) is 60.9 Å². The molecule has 5 aliphatic rings. The summed E-state index contributed by atoms with van der Waals surface area (Å²) in [4.78, 5) is 30.2. The highest BCUT2D eigenvalue weighted by Gasteiger charge is 2.51. The van der Waals surface area contributed by atoms with Gasteiger partial charge in [0.05, 0.1) is 0 Å². The first kappa shape index (κ1) is 22.6. The minimum absolute atomic E-state index is 0.125. The van der Waals surface area contributed by atoms with Crippen LogP contribution in [0.5, 0.6) is 0 Å². The van der Waals surface area contributed by atoms with Gasteiger partial charge in [-0.2, -0.15) is 0 Å². The van der Waals surface area contributed by atoms with E-state index in [4.69, 9.17) is 0 Å². The Kier molecular flexibility index (Phi) is 5.82. The second-order valence-electron chi connectivity index (χ2n) is 11.8.